The molecule has 33 heavy (non-hydrogen) atoms. The fourth-order valence-electron chi connectivity index (χ4n) is 4.28. The minimum atomic E-state index is -0.808. The van der Waals surface area contributed by atoms with E-state index in [0.29, 0.717) is 49.0 Å². The average Bonchev–Trinajstić information content (AvgIpc) is 3.46. The van der Waals surface area contributed by atoms with Gasteiger partial charge in [-0.15, -0.1) is 0 Å². The van der Waals surface area contributed by atoms with Crippen LogP contribution in [0, 0.1) is 0 Å². The molecule has 1 aromatic heterocycles. The van der Waals surface area contributed by atoms with Gasteiger partial charge in [-0.3, -0.25) is 14.5 Å². The second-order valence-electron chi connectivity index (χ2n) is 7.89. The Morgan fingerprint density at radius 3 is 2.52 bits per heavy atom. The molecule has 1 N–H and O–H groups in total. The Morgan fingerprint density at radius 1 is 1.09 bits per heavy atom. The molecule has 1 atom stereocenters. The molecule has 0 aliphatic carbocycles. The number of hydrogen-bond acceptors (Lipinski definition) is 8. The van der Waals surface area contributed by atoms with E-state index in [1.165, 1.54) is 25.4 Å². The number of methoxy groups -OCH3 is 2. The van der Waals surface area contributed by atoms with Gasteiger partial charge in [-0.1, -0.05) is 0 Å². The highest BCUT2D eigenvalue weighted by molar-refractivity contribution is 6.46. The number of hydrogen-bond donors (Lipinski definition) is 1. The van der Waals surface area contributed by atoms with Crippen LogP contribution in [0.15, 0.2) is 46.6 Å². The van der Waals surface area contributed by atoms with E-state index in [1.807, 2.05) is 0 Å². The van der Waals surface area contributed by atoms with E-state index in [9.17, 15) is 14.7 Å². The molecule has 0 saturated carbocycles. The lowest BCUT2D eigenvalue weighted by atomic mass is 9.99. The summed E-state index contributed by atoms with van der Waals surface area (Å²) in [6.45, 7) is 4.23. The summed E-state index contributed by atoms with van der Waals surface area (Å²) in [5.41, 5.74) is 0.337. The summed E-state index contributed by atoms with van der Waals surface area (Å²) in [7, 11) is 2.99. The number of rotatable bonds is 8. The highest BCUT2D eigenvalue weighted by Gasteiger charge is 2.47. The zero-order chi connectivity index (χ0) is 23.4. The molecule has 2 fully saturated rings. The molecule has 2 aromatic rings. The maximum absolute atomic E-state index is 13.0. The van der Waals surface area contributed by atoms with Crippen LogP contribution in [-0.2, 0) is 14.3 Å². The summed E-state index contributed by atoms with van der Waals surface area (Å²) in [5.74, 6) is -0.375. The van der Waals surface area contributed by atoms with Gasteiger partial charge in [-0.05, 0) is 36.8 Å². The van der Waals surface area contributed by atoms with Crippen molar-refractivity contribution in [2.75, 3.05) is 53.6 Å². The molecule has 0 bridgehead atoms. The van der Waals surface area contributed by atoms with Crippen LogP contribution in [0.2, 0.25) is 0 Å². The van der Waals surface area contributed by atoms with Gasteiger partial charge in [0, 0.05) is 31.7 Å². The van der Waals surface area contributed by atoms with Crippen molar-refractivity contribution in [1.29, 1.82) is 0 Å². The number of carbonyl (C=O) groups excluding carboxylic acids is 2. The molecule has 0 spiro atoms. The summed E-state index contributed by atoms with van der Waals surface area (Å²) in [6, 6.07) is 7.40. The molecule has 2 aliphatic rings. The highest BCUT2D eigenvalue weighted by Crippen LogP contribution is 2.40. The molecule has 9 nitrogen and oxygen atoms in total. The monoisotopic (exact) mass is 456 g/mol. The van der Waals surface area contributed by atoms with E-state index in [1.54, 1.807) is 30.3 Å². The van der Waals surface area contributed by atoms with Gasteiger partial charge < -0.3 is 28.6 Å². The first-order chi connectivity index (χ1) is 16.0. The van der Waals surface area contributed by atoms with Gasteiger partial charge in [0.25, 0.3) is 11.7 Å². The fraction of sp³-hybridized carbons (Fsp3) is 0.417. The molecule has 3 heterocycles. The van der Waals surface area contributed by atoms with Crippen molar-refractivity contribution in [1.82, 2.24) is 9.80 Å². The van der Waals surface area contributed by atoms with Crippen LogP contribution in [0.3, 0.4) is 0 Å². The van der Waals surface area contributed by atoms with Crippen LogP contribution in [0.1, 0.15) is 23.8 Å². The standard InChI is InChI=1S/C24H28N2O7/c1-30-17-7-6-16(15-19(17)31-2)22(27)20-21(18-5-3-12-33-18)26(24(29)23(20)28)9-4-8-25-10-13-32-14-11-25/h3,5-7,12,15,21,27H,4,8-11,13-14H2,1-2H3/b22-20+/t21-/m0/s1. The van der Waals surface area contributed by atoms with Crippen LogP contribution >= 0.6 is 0 Å². The topological polar surface area (TPSA) is 102 Å². The Hall–Kier alpha value is -3.30. The normalized spacial score (nSPS) is 20.9. The number of benzene rings is 1. The molecule has 0 unspecified atom stereocenters. The molecule has 1 aromatic carbocycles. The zero-order valence-electron chi connectivity index (χ0n) is 18.8. The summed E-state index contributed by atoms with van der Waals surface area (Å²) in [4.78, 5) is 29.8. The molecule has 0 radical (unpaired) electrons. The quantitative estimate of drug-likeness (QED) is 0.367. The first-order valence-corrected chi connectivity index (χ1v) is 10.9. The summed E-state index contributed by atoms with van der Waals surface area (Å²) < 4.78 is 21.5. The van der Waals surface area contributed by atoms with Crippen molar-refractivity contribution in [2.24, 2.45) is 0 Å². The van der Waals surface area contributed by atoms with Gasteiger partial charge in [-0.25, -0.2) is 0 Å². The summed E-state index contributed by atoms with van der Waals surface area (Å²) in [5, 5.41) is 11.1. The van der Waals surface area contributed by atoms with Crippen LogP contribution in [0.4, 0.5) is 0 Å². The number of carbonyl (C=O) groups is 2. The summed E-state index contributed by atoms with van der Waals surface area (Å²) in [6.07, 6.45) is 2.17. The third kappa shape index (κ3) is 4.60. The van der Waals surface area contributed by atoms with Crippen molar-refractivity contribution in [3.05, 3.63) is 53.5 Å². The predicted molar refractivity (Wildman–Crippen MR) is 119 cm³/mol. The number of aliphatic hydroxyl groups excluding tert-OH is 1. The number of nitrogens with zero attached hydrogens (tertiary/aromatic N) is 2. The van der Waals surface area contributed by atoms with Gasteiger partial charge in [-0.2, -0.15) is 0 Å². The van der Waals surface area contributed by atoms with E-state index >= 15 is 0 Å². The number of aliphatic hydroxyl groups is 1. The van der Waals surface area contributed by atoms with E-state index in [2.05, 4.69) is 4.90 Å². The van der Waals surface area contributed by atoms with Crippen molar-refractivity contribution in [3.8, 4) is 11.5 Å². The second kappa shape index (κ2) is 10.1. The number of ketones is 1. The average molecular weight is 456 g/mol. The van der Waals surface area contributed by atoms with Crippen molar-refractivity contribution < 1.29 is 33.3 Å². The molecule has 2 aliphatic heterocycles. The number of amides is 1. The minimum absolute atomic E-state index is 0.00598. The Balaban J connectivity index is 1.65. The Kier molecular flexibility index (Phi) is 7.00. The molecule has 4 rings (SSSR count). The molecular formula is C24H28N2O7. The fourth-order valence-corrected chi connectivity index (χ4v) is 4.28. The molecule has 2 saturated heterocycles. The van der Waals surface area contributed by atoms with E-state index < -0.39 is 17.7 Å². The lowest BCUT2D eigenvalue weighted by Crippen LogP contribution is -2.38. The van der Waals surface area contributed by atoms with E-state index in [4.69, 9.17) is 18.6 Å². The van der Waals surface area contributed by atoms with Gasteiger partial charge >= 0.3 is 0 Å². The number of Topliss-reactive ketones (excluding diaryl/α,β-unsaturated/α-hetero) is 1. The highest BCUT2D eigenvalue weighted by atomic mass is 16.5. The van der Waals surface area contributed by atoms with E-state index in [-0.39, 0.29) is 11.3 Å². The minimum Gasteiger partial charge on any atom is -0.507 e. The van der Waals surface area contributed by atoms with Crippen LogP contribution in [0.25, 0.3) is 5.76 Å². The summed E-state index contributed by atoms with van der Waals surface area (Å²) >= 11 is 0. The Bertz CT molecular complexity index is 1030. The lowest BCUT2D eigenvalue weighted by Gasteiger charge is -2.28. The van der Waals surface area contributed by atoms with Gasteiger partial charge in [0.15, 0.2) is 11.5 Å². The largest absolute Gasteiger partial charge is 0.507 e. The van der Waals surface area contributed by atoms with Crippen molar-refractivity contribution in [2.45, 2.75) is 12.5 Å². The zero-order valence-corrected chi connectivity index (χ0v) is 18.8. The number of morpholine rings is 1. The predicted octanol–water partition coefficient (Wildman–Crippen LogP) is 2.44. The van der Waals surface area contributed by atoms with Gasteiger partial charge in [0.05, 0.1) is 39.3 Å². The molecular weight excluding hydrogens is 428 g/mol. The number of furan rings is 1. The van der Waals surface area contributed by atoms with Crippen LogP contribution < -0.4 is 9.47 Å². The van der Waals surface area contributed by atoms with Crippen molar-refractivity contribution in [3.63, 3.8) is 0 Å². The second-order valence-corrected chi connectivity index (χ2v) is 7.89. The van der Waals surface area contributed by atoms with Crippen LogP contribution in [0.5, 0.6) is 11.5 Å². The lowest BCUT2D eigenvalue weighted by molar-refractivity contribution is -0.140. The van der Waals surface area contributed by atoms with Crippen LogP contribution in [-0.4, -0.2) is 80.2 Å². The third-order valence-corrected chi connectivity index (χ3v) is 5.99. The first kappa shape index (κ1) is 22.9. The third-order valence-electron chi connectivity index (χ3n) is 5.99. The Labute approximate surface area is 192 Å². The van der Waals surface area contributed by atoms with E-state index in [0.717, 1.165) is 19.6 Å². The number of ether oxygens (including phenoxy) is 3. The smallest absolute Gasteiger partial charge is 0.295 e. The Morgan fingerprint density at radius 2 is 1.85 bits per heavy atom. The van der Waals surface area contributed by atoms with Gasteiger partial charge in [0.2, 0.25) is 0 Å². The molecule has 9 heteroatoms. The number of likely N-dealkylation sites (tertiary alicyclic amines) is 1. The molecule has 1 amide bonds. The SMILES string of the molecule is COc1ccc(/C(O)=C2\C(=O)C(=O)N(CCCN3CCOCC3)[C@H]2c2ccco2)cc1OC. The van der Waals surface area contributed by atoms with Gasteiger partial charge in [0.1, 0.15) is 17.6 Å². The molecule has 176 valence electrons. The first-order valence-electron chi connectivity index (χ1n) is 10.9. The van der Waals surface area contributed by atoms with Crippen molar-refractivity contribution >= 4 is 17.4 Å². The maximum atomic E-state index is 13.0. The maximum Gasteiger partial charge on any atom is 0.295 e.